The van der Waals surface area contributed by atoms with E-state index in [0.29, 0.717) is 29.8 Å². The number of nitrogen functional groups attached to an aromatic ring is 2. The van der Waals surface area contributed by atoms with Gasteiger partial charge in [0.05, 0.1) is 25.5 Å². The van der Waals surface area contributed by atoms with Crippen LogP contribution in [-0.2, 0) is 25.7 Å². The lowest BCUT2D eigenvalue weighted by Gasteiger charge is -2.20. The minimum absolute atomic E-state index is 0.0114. The fraction of sp³-hybridized carbons (Fsp3) is 0.543. The van der Waals surface area contributed by atoms with Gasteiger partial charge in [-0.1, -0.05) is 71.1 Å². The van der Waals surface area contributed by atoms with Crippen molar-refractivity contribution >= 4 is 52.4 Å². The Morgan fingerprint density at radius 2 is 1.50 bits per heavy atom. The van der Waals surface area contributed by atoms with Gasteiger partial charge in [-0.3, -0.25) is 9.59 Å². The summed E-state index contributed by atoms with van der Waals surface area (Å²) in [7, 11) is 3.10. The monoisotopic (exact) mass is 693 g/mol. The molecule has 1 unspecified atom stereocenters. The number of carbonyl (C=O) groups excluding carboxylic acids is 3. The smallest absolute Gasteiger partial charge is 0.328 e. The van der Waals surface area contributed by atoms with Gasteiger partial charge in [-0.15, -0.1) is 0 Å². The van der Waals surface area contributed by atoms with Gasteiger partial charge in [0.15, 0.2) is 17.0 Å². The van der Waals surface area contributed by atoms with Crippen molar-refractivity contribution in [3.63, 3.8) is 0 Å². The molecule has 0 aliphatic heterocycles. The Kier molecular flexibility index (Phi) is 16.1. The van der Waals surface area contributed by atoms with Crippen LogP contribution in [0.5, 0.6) is 0 Å². The van der Waals surface area contributed by atoms with Gasteiger partial charge in [-0.2, -0.15) is 9.97 Å². The zero-order chi connectivity index (χ0) is 36.5. The summed E-state index contributed by atoms with van der Waals surface area (Å²) in [6.07, 6.45) is 13.1. The van der Waals surface area contributed by atoms with E-state index in [1.165, 1.54) is 45.6 Å². The maximum Gasteiger partial charge on any atom is 0.328 e. The third-order valence-electron chi connectivity index (χ3n) is 8.40. The van der Waals surface area contributed by atoms with Crippen LogP contribution < -0.4 is 27.0 Å². The number of anilines is 3. The summed E-state index contributed by atoms with van der Waals surface area (Å²) in [5, 5.41) is 14.9. The van der Waals surface area contributed by atoms with Crippen molar-refractivity contribution in [3.05, 3.63) is 41.7 Å². The molecule has 0 radical (unpaired) electrons. The van der Waals surface area contributed by atoms with E-state index in [0.717, 1.165) is 31.4 Å². The molecule has 0 saturated carbocycles. The quantitative estimate of drug-likeness (QED) is 0.0737. The van der Waals surface area contributed by atoms with Crippen molar-refractivity contribution in [1.29, 1.82) is 0 Å². The van der Waals surface area contributed by atoms with Gasteiger partial charge in [-0.25, -0.2) is 19.6 Å². The van der Waals surface area contributed by atoms with Crippen molar-refractivity contribution in [2.75, 3.05) is 30.5 Å². The number of carboxylic acid groups (broad SMARTS) is 1. The minimum atomic E-state index is -1.31. The molecule has 0 bridgehead atoms. The number of esters is 1. The number of nitrogens with two attached hydrogens (primary N) is 2. The fourth-order valence-corrected chi connectivity index (χ4v) is 5.53. The molecule has 50 heavy (non-hydrogen) atoms. The van der Waals surface area contributed by atoms with Gasteiger partial charge in [0.25, 0.3) is 5.91 Å². The van der Waals surface area contributed by atoms with Crippen LogP contribution in [0.2, 0.25) is 0 Å². The standard InChI is InChI=1S/C35H51N9O6/c1-4-5-6-7-8-9-10-11-12-13-14-27(34(49)50-3)40-28(45)20-19-26(33(47)48)41-32(46)23-15-17-25(18-16-23)44(2)22-24-21-38-31-29(39-24)30(36)42-35(37)43-31/h15-18,21,26-27H,4-14,19-20,22H2,1-3H3,(H,40,45)(H,41,46)(H,47,48)(H4,36,37,38,42,43)/t26-,27?/m0/s1. The minimum Gasteiger partial charge on any atom is -0.480 e. The first-order chi connectivity index (χ1) is 24.0. The molecule has 3 aromatic rings. The molecule has 0 fully saturated rings. The number of aliphatic carboxylic acids is 1. The highest BCUT2D eigenvalue weighted by atomic mass is 16.5. The van der Waals surface area contributed by atoms with Crippen LogP contribution in [0.25, 0.3) is 11.2 Å². The molecule has 2 aromatic heterocycles. The summed E-state index contributed by atoms with van der Waals surface area (Å²) < 4.78 is 4.87. The molecule has 7 N–H and O–H groups in total. The highest BCUT2D eigenvalue weighted by Gasteiger charge is 2.25. The van der Waals surface area contributed by atoms with Crippen LogP contribution in [0.4, 0.5) is 17.5 Å². The number of ether oxygens (including phenoxy) is 1. The number of rotatable bonds is 22. The Morgan fingerprint density at radius 1 is 0.860 bits per heavy atom. The number of unbranched alkanes of at least 4 members (excludes halogenated alkanes) is 9. The SMILES string of the molecule is CCCCCCCCCCCCC(NC(=O)CC[C@H](NC(=O)c1ccc(N(C)Cc2cnc3nc(N)nc(N)c3n2)cc1)C(=O)O)C(=O)OC. The number of hydrogen-bond acceptors (Lipinski definition) is 12. The molecule has 0 aliphatic rings. The van der Waals surface area contributed by atoms with Crippen molar-refractivity contribution < 1.29 is 29.0 Å². The molecule has 0 saturated heterocycles. The number of carbonyl (C=O) groups is 4. The molecule has 15 nitrogen and oxygen atoms in total. The lowest BCUT2D eigenvalue weighted by atomic mass is 10.0. The Hall–Kier alpha value is -5.08. The number of hydrogen-bond donors (Lipinski definition) is 5. The average molecular weight is 694 g/mol. The second kappa shape index (κ2) is 20.4. The number of nitrogens with zero attached hydrogens (tertiary/aromatic N) is 5. The van der Waals surface area contributed by atoms with E-state index in [1.54, 1.807) is 30.5 Å². The zero-order valence-electron chi connectivity index (χ0n) is 29.3. The van der Waals surface area contributed by atoms with E-state index in [-0.39, 0.29) is 30.2 Å². The van der Waals surface area contributed by atoms with Crippen molar-refractivity contribution in [1.82, 2.24) is 30.6 Å². The number of benzene rings is 1. The van der Waals surface area contributed by atoms with Gasteiger partial charge in [0.2, 0.25) is 11.9 Å². The zero-order valence-corrected chi connectivity index (χ0v) is 29.3. The second-order valence-electron chi connectivity index (χ2n) is 12.4. The number of fused-ring (bicyclic) bond motifs is 1. The van der Waals surface area contributed by atoms with E-state index < -0.39 is 35.8 Å². The van der Waals surface area contributed by atoms with Gasteiger partial charge in [-0.05, 0) is 37.1 Å². The summed E-state index contributed by atoms with van der Waals surface area (Å²) in [6.45, 7) is 2.57. The van der Waals surface area contributed by atoms with Crippen molar-refractivity contribution in [3.8, 4) is 0 Å². The maximum absolute atomic E-state index is 12.9. The summed E-state index contributed by atoms with van der Waals surface area (Å²) in [5.41, 5.74) is 13.8. The highest BCUT2D eigenvalue weighted by Crippen LogP contribution is 2.19. The second-order valence-corrected chi connectivity index (χ2v) is 12.4. The summed E-state index contributed by atoms with van der Waals surface area (Å²) in [6, 6.07) is 4.45. The molecule has 0 spiro atoms. The largest absolute Gasteiger partial charge is 0.480 e. The van der Waals surface area contributed by atoms with E-state index >= 15 is 0 Å². The molecule has 2 atom stereocenters. The lowest BCUT2D eigenvalue weighted by Crippen LogP contribution is -2.44. The molecule has 1 aromatic carbocycles. The summed E-state index contributed by atoms with van der Waals surface area (Å²) in [4.78, 5) is 68.5. The first-order valence-electron chi connectivity index (χ1n) is 17.3. The van der Waals surface area contributed by atoms with Gasteiger partial charge >= 0.3 is 11.9 Å². The molecule has 0 aliphatic carbocycles. The number of methoxy groups -OCH3 is 1. The first-order valence-corrected chi connectivity index (χ1v) is 17.3. The van der Waals surface area contributed by atoms with Crippen LogP contribution in [-0.4, -0.2) is 75.0 Å². The van der Waals surface area contributed by atoms with E-state index in [1.807, 2.05) is 11.9 Å². The molecule has 272 valence electrons. The highest BCUT2D eigenvalue weighted by molar-refractivity contribution is 5.97. The summed E-state index contributed by atoms with van der Waals surface area (Å²) in [5.74, 6) is -2.77. The Morgan fingerprint density at radius 3 is 2.12 bits per heavy atom. The molecule has 15 heteroatoms. The molecule has 3 rings (SSSR count). The van der Waals surface area contributed by atoms with Crippen molar-refractivity contribution in [2.24, 2.45) is 0 Å². The van der Waals surface area contributed by atoms with Crippen LogP contribution >= 0.6 is 0 Å². The van der Waals surface area contributed by atoms with Gasteiger partial charge < -0.3 is 36.8 Å². The maximum atomic E-state index is 12.9. The lowest BCUT2D eigenvalue weighted by molar-refractivity contribution is -0.145. The van der Waals surface area contributed by atoms with E-state index in [2.05, 4.69) is 37.5 Å². The Labute approximate surface area is 293 Å². The topological polar surface area (TPSA) is 229 Å². The Balaban J connectivity index is 1.46. The summed E-state index contributed by atoms with van der Waals surface area (Å²) >= 11 is 0. The number of aromatic nitrogens is 4. The predicted molar refractivity (Wildman–Crippen MR) is 191 cm³/mol. The average Bonchev–Trinajstić information content (AvgIpc) is 3.10. The van der Waals surface area contributed by atoms with E-state index in [4.69, 9.17) is 16.2 Å². The molecule has 2 amide bonds. The first kappa shape index (κ1) is 39.4. The third kappa shape index (κ3) is 12.7. The predicted octanol–water partition coefficient (Wildman–Crippen LogP) is 4.15. The normalized spacial score (nSPS) is 12.2. The van der Waals surface area contributed by atoms with Crippen LogP contribution in [0.3, 0.4) is 0 Å². The number of carboxylic acids is 1. The number of amides is 2. The van der Waals surface area contributed by atoms with Gasteiger partial charge in [0, 0.05) is 24.7 Å². The number of nitrogens with one attached hydrogen (secondary N) is 2. The van der Waals surface area contributed by atoms with Crippen LogP contribution in [0.1, 0.15) is 106 Å². The molecular weight excluding hydrogens is 642 g/mol. The third-order valence-corrected chi connectivity index (χ3v) is 8.40. The van der Waals surface area contributed by atoms with Crippen molar-refractivity contribution in [2.45, 2.75) is 109 Å². The van der Waals surface area contributed by atoms with E-state index in [9.17, 15) is 24.3 Å². The van der Waals surface area contributed by atoms with Gasteiger partial charge in [0.1, 0.15) is 12.1 Å². The molecule has 2 heterocycles. The Bertz CT molecular complexity index is 1570. The fourth-order valence-electron chi connectivity index (χ4n) is 5.53. The van der Waals surface area contributed by atoms with Crippen LogP contribution in [0.15, 0.2) is 30.5 Å². The van der Waals surface area contributed by atoms with Crippen LogP contribution in [0, 0.1) is 0 Å². The molecular formula is C35H51N9O6.